The van der Waals surface area contributed by atoms with E-state index in [1.54, 1.807) is 0 Å². The molecule has 1 fully saturated rings. The lowest BCUT2D eigenvalue weighted by Gasteiger charge is -2.32. The van der Waals surface area contributed by atoms with Gasteiger partial charge in [-0.25, -0.2) is 4.98 Å². The molecule has 24 heavy (non-hydrogen) atoms. The molecule has 0 unspecified atom stereocenters. The predicted molar refractivity (Wildman–Crippen MR) is 92.1 cm³/mol. The fraction of sp³-hybridized carbons (Fsp3) is 0.316. The molecule has 0 amide bonds. The number of rotatable bonds is 5. The van der Waals surface area contributed by atoms with Crippen molar-refractivity contribution in [3.8, 4) is 5.75 Å². The van der Waals surface area contributed by atoms with Gasteiger partial charge < -0.3 is 13.9 Å². The highest BCUT2D eigenvalue weighted by Crippen LogP contribution is 2.15. The summed E-state index contributed by atoms with van der Waals surface area (Å²) >= 11 is 0. The van der Waals surface area contributed by atoms with Crippen molar-refractivity contribution in [2.75, 3.05) is 26.3 Å². The van der Waals surface area contributed by atoms with Crippen LogP contribution in [0.2, 0.25) is 0 Å². The topological polar surface area (TPSA) is 39.0 Å². The fourth-order valence-corrected chi connectivity index (χ4v) is 3.06. The first kappa shape index (κ1) is 15.2. The highest BCUT2D eigenvalue weighted by Gasteiger charge is 2.22. The minimum atomic E-state index is 0.0906. The molecule has 3 aromatic rings. The van der Waals surface area contributed by atoms with E-state index < -0.39 is 0 Å². The van der Waals surface area contributed by atoms with Crippen LogP contribution in [0.1, 0.15) is 5.69 Å². The fourth-order valence-electron chi connectivity index (χ4n) is 3.06. The monoisotopic (exact) mass is 323 g/mol. The van der Waals surface area contributed by atoms with E-state index in [0.29, 0.717) is 6.61 Å². The van der Waals surface area contributed by atoms with Gasteiger partial charge in [0.05, 0.1) is 24.1 Å². The molecule has 0 radical (unpaired) electrons. The van der Waals surface area contributed by atoms with Gasteiger partial charge in [0.25, 0.3) is 0 Å². The molecule has 124 valence electrons. The van der Waals surface area contributed by atoms with Crippen molar-refractivity contribution in [2.45, 2.75) is 12.6 Å². The van der Waals surface area contributed by atoms with Gasteiger partial charge in [0, 0.05) is 25.8 Å². The molecule has 5 heteroatoms. The van der Waals surface area contributed by atoms with Gasteiger partial charge >= 0.3 is 0 Å². The molecule has 0 N–H and O–H groups in total. The maximum Gasteiger partial charge on any atom is 0.119 e. The zero-order valence-electron chi connectivity index (χ0n) is 13.5. The van der Waals surface area contributed by atoms with E-state index >= 15 is 0 Å². The van der Waals surface area contributed by atoms with Crippen LogP contribution in [0.3, 0.4) is 0 Å². The molecule has 3 heterocycles. The van der Waals surface area contributed by atoms with Crippen LogP contribution in [0.25, 0.3) is 5.52 Å². The number of ether oxygens (including phenoxy) is 2. The summed E-state index contributed by atoms with van der Waals surface area (Å²) < 4.78 is 13.7. The molecule has 1 aliphatic rings. The van der Waals surface area contributed by atoms with Crippen molar-refractivity contribution in [1.82, 2.24) is 14.3 Å². The molecule has 0 bridgehead atoms. The summed E-state index contributed by atoms with van der Waals surface area (Å²) in [7, 11) is 0. The standard InChI is InChI=1S/C19H21N3O2/c1-2-6-16(7-3-1)24-14-17-12-21(10-11-23-17)13-18-19-8-4-5-9-22(19)15-20-18/h1-9,15,17H,10-14H2/t17-/m0/s1. The van der Waals surface area contributed by atoms with E-state index in [-0.39, 0.29) is 6.10 Å². The number of fused-ring (bicyclic) bond motifs is 1. The molecule has 1 aromatic carbocycles. The van der Waals surface area contributed by atoms with Crippen LogP contribution >= 0.6 is 0 Å². The molecule has 4 rings (SSSR count). The number of benzene rings is 1. The maximum atomic E-state index is 5.84. The summed E-state index contributed by atoms with van der Waals surface area (Å²) in [6, 6.07) is 16.1. The third-order valence-corrected chi connectivity index (χ3v) is 4.30. The number of hydrogen-bond donors (Lipinski definition) is 0. The number of nitrogens with zero attached hydrogens (tertiary/aromatic N) is 3. The molecule has 1 aliphatic heterocycles. The van der Waals surface area contributed by atoms with Crippen molar-refractivity contribution in [3.63, 3.8) is 0 Å². The molecular weight excluding hydrogens is 302 g/mol. The maximum absolute atomic E-state index is 5.84. The number of para-hydroxylation sites is 1. The number of aromatic nitrogens is 2. The molecule has 0 spiro atoms. The van der Waals surface area contributed by atoms with Crippen LogP contribution in [-0.2, 0) is 11.3 Å². The second-order valence-corrected chi connectivity index (χ2v) is 6.04. The Morgan fingerprint density at radius 1 is 1.12 bits per heavy atom. The summed E-state index contributed by atoms with van der Waals surface area (Å²) in [6.07, 6.45) is 4.00. The highest BCUT2D eigenvalue weighted by molar-refractivity contribution is 5.51. The van der Waals surface area contributed by atoms with E-state index in [2.05, 4.69) is 26.4 Å². The quantitative estimate of drug-likeness (QED) is 0.723. The normalized spacial score (nSPS) is 18.8. The Labute approximate surface area is 141 Å². The van der Waals surface area contributed by atoms with Crippen molar-refractivity contribution in [3.05, 3.63) is 66.7 Å². The first-order chi connectivity index (χ1) is 11.9. The number of morpholine rings is 1. The van der Waals surface area contributed by atoms with Gasteiger partial charge in [-0.2, -0.15) is 0 Å². The number of hydrogen-bond acceptors (Lipinski definition) is 4. The summed E-state index contributed by atoms with van der Waals surface area (Å²) in [5, 5.41) is 0. The first-order valence-electron chi connectivity index (χ1n) is 8.31. The SMILES string of the molecule is c1ccc(OC[C@@H]2CN(Cc3ncn4ccccc34)CCO2)cc1. The lowest BCUT2D eigenvalue weighted by atomic mass is 10.2. The Morgan fingerprint density at radius 3 is 2.92 bits per heavy atom. The van der Waals surface area contributed by atoms with Gasteiger partial charge in [-0.15, -0.1) is 0 Å². The van der Waals surface area contributed by atoms with Gasteiger partial charge in [0.2, 0.25) is 0 Å². The van der Waals surface area contributed by atoms with Crippen molar-refractivity contribution < 1.29 is 9.47 Å². The summed E-state index contributed by atoms with van der Waals surface area (Å²) in [5.41, 5.74) is 2.28. The van der Waals surface area contributed by atoms with Crippen LogP contribution < -0.4 is 4.74 Å². The Balaban J connectivity index is 1.36. The van der Waals surface area contributed by atoms with Crippen LogP contribution in [0.4, 0.5) is 0 Å². The predicted octanol–water partition coefficient (Wildman–Crippen LogP) is 2.61. The first-order valence-corrected chi connectivity index (χ1v) is 8.31. The van der Waals surface area contributed by atoms with Crippen molar-refractivity contribution in [2.24, 2.45) is 0 Å². The zero-order chi connectivity index (χ0) is 16.2. The van der Waals surface area contributed by atoms with E-state index in [4.69, 9.17) is 9.47 Å². The van der Waals surface area contributed by atoms with Gasteiger partial charge in [0.15, 0.2) is 0 Å². The van der Waals surface area contributed by atoms with Crippen molar-refractivity contribution >= 4 is 5.52 Å². The van der Waals surface area contributed by atoms with Crippen LogP contribution in [0.15, 0.2) is 61.1 Å². The van der Waals surface area contributed by atoms with Crippen LogP contribution in [-0.4, -0.2) is 46.7 Å². The van der Waals surface area contributed by atoms with E-state index in [1.165, 1.54) is 5.52 Å². The number of imidazole rings is 1. The summed E-state index contributed by atoms with van der Waals surface area (Å²) in [5.74, 6) is 0.887. The highest BCUT2D eigenvalue weighted by atomic mass is 16.5. The Hall–Kier alpha value is -2.37. The van der Waals surface area contributed by atoms with Crippen LogP contribution in [0.5, 0.6) is 5.75 Å². The average Bonchev–Trinajstić information content (AvgIpc) is 3.04. The lowest BCUT2D eigenvalue weighted by Crippen LogP contribution is -2.44. The summed E-state index contributed by atoms with van der Waals surface area (Å²) in [6.45, 7) is 3.93. The minimum absolute atomic E-state index is 0.0906. The zero-order valence-corrected chi connectivity index (χ0v) is 13.5. The van der Waals surface area contributed by atoms with Gasteiger partial charge in [-0.3, -0.25) is 4.90 Å². The lowest BCUT2D eigenvalue weighted by molar-refractivity contribution is -0.0505. The molecular formula is C19H21N3O2. The third-order valence-electron chi connectivity index (χ3n) is 4.30. The van der Waals surface area contributed by atoms with Crippen LogP contribution in [0, 0.1) is 0 Å². The molecule has 5 nitrogen and oxygen atoms in total. The second-order valence-electron chi connectivity index (χ2n) is 6.04. The average molecular weight is 323 g/mol. The van der Waals surface area contributed by atoms with E-state index in [0.717, 1.165) is 37.7 Å². The molecule has 0 aliphatic carbocycles. The van der Waals surface area contributed by atoms with E-state index in [9.17, 15) is 0 Å². The summed E-state index contributed by atoms with van der Waals surface area (Å²) in [4.78, 5) is 6.94. The van der Waals surface area contributed by atoms with Crippen molar-refractivity contribution in [1.29, 1.82) is 0 Å². The number of pyridine rings is 1. The molecule has 0 saturated carbocycles. The Bertz CT molecular complexity index is 787. The smallest absolute Gasteiger partial charge is 0.119 e. The largest absolute Gasteiger partial charge is 0.491 e. The minimum Gasteiger partial charge on any atom is -0.491 e. The van der Waals surface area contributed by atoms with Gasteiger partial charge in [0.1, 0.15) is 18.5 Å². The third kappa shape index (κ3) is 3.42. The molecule has 1 atom stereocenters. The second kappa shape index (κ2) is 7.03. The molecule has 1 saturated heterocycles. The van der Waals surface area contributed by atoms with Gasteiger partial charge in [-0.1, -0.05) is 24.3 Å². The van der Waals surface area contributed by atoms with E-state index in [1.807, 2.05) is 48.9 Å². The Kier molecular flexibility index (Phi) is 4.44. The molecule has 2 aromatic heterocycles. The van der Waals surface area contributed by atoms with Gasteiger partial charge in [-0.05, 0) is 24.3 Å². The Morgan fingerprint density at radius 2 is 2.00 bits per heavy atom.